The predicted octanol–water partition coefficient (Wildman–Crippen LogP) is 3.83. The first-order valence-electron chi connectivity index (χ1n) is 6.06. The Morgan fingerprint density at radius 2 is 1.88 bits per heavy atom. The van der Waals surface area contributed by atoms with E-state index in [0.717, 1.165) is 18.4 Å². The molecule has 3 heteroatoms. The molecule has 0 saturated carbocycles. The van der Waals surface area contributed by atoms with Crippen LogP contribution in [0.3, 0.4) is 0 Å². The van der Waals surface area contributed by atoms with Crippen molar-refractivity contribution < 1.29 is 4.92 Å². The molecule has 0 N–H and O–H groups in total. The molecule has 0 saturated heterocycles. The fraction of sp³-hybridized carbons (Fsp3) is 0.429. The van der Waals surface area contributed by atoms with Gasteiger partial charge in [-0.05, 0) is 30.4 Å². The molecular formula is C14H19NO2. The van der Waals surface area contributed by atoms with Crippen molar-refractivity contribution in [3.05, 3.63) is 57.8 Å². The van der Waals surface area contributed by atoms with E-state index in [-0.39, 0.29) is 4.92 Å². The predicted molar refractivity (Wildman–Crippen MR) is 69.3 cm³/mol. The Kier molecular flexibility index (Phi) is 5.40. The lowest BCUT2D eigenvalue weighted by Gasteiger charge is -2.06. The first kappa shape index (κ1) is 13.4. The lowest BCUT2D eigenvalue weighted by Crippen LogP contribution is -2.05. The summed E-state index contributed by atoms with van der Waals surface area (Å²) < 4.78 is 0. The van der Waals surface area contributed by atoms with Crippen molar-refractivity contribution in [3.8, 4) is 0 Å². The largest absolute Gasteiger partial charge is 0.259 e. The van der Waals surface area contributed by atoms with Gasteiger partial charge in [-0.25, -0.2) is 0 Å². The minimum atomic E-state index is -0.259. The fourth-order valence-corrected chi connectivity index (χ4v) is 1.79. The van der Waals surface area contributed by atoms with Crippen LogP contribution in [0, 0.1) is 16.0 Å². The van der Waals surface area contributed by atoms with Crippen LogP contribution < -0.4 is 0 Å². The molecule has 0 aliphatic rings. The average Bonchev–Trinajstić information content (AvgIpc) is 2.35. The molecule has 0 radical (unpaired) electrons. The third kappa shape index (κ3) is 4.39. The van der Waals surface area contributed by atoms with Crippen LogP contribution >= 0.6 is 0 Å². The Labute approximate surface area is 102 Å². The highest BCUT2D eigenvalue weighted by molar-refractivity contribution is 5.19. The third-order valence-corrected chi connectivity index (χ3v) is 2.94. The molecule has 3 nitrogen and oxygen atoms in total. The van der Waals surface area contributed by atoms with Gasteiger partial charge in [0.25, 0.3) is 0 Å². The van der Waals surface area contributed by atoms with E-state index in [4.69, 9.17) is 0 Å². The zero-order valence-electron chi connectivity index (χ0n) is 10.4. The van der Waals surface area contributed by atoms with Crippen LogP contribution in [-0.4, -0.2) is 4.92 Å². The number of nitro groups is 1. The van der Waals surface area contributed by atoms with Crippen molar-refractivity contribution >= 4 is 0 Å². The number of rotatable bonds is 6. The SMILES string of the molecule is CCC(C=C(Cc1ccccc1)[N+](=O)[O-])CC. The third-order valence-electron chi connectivity index (χ3n) is 2.94. The van der Waals surface area contributed by atoms with Gasteiger partial charge in [0.15, 0.2) is 0 Å². The summed E-state index contributed by atoms with van der Waals surface area (Å²) in [5, 5.41) is 11.0. The Morgan fingerprint density at radius 1 is 1.29 bits per heavy atom. The Morgan fingerprint density at radius 3 is 2.35 bits per heavy atom. The second-order valence-corrected chi connectivity index (χ2v) is 4.15. The molecule has 0 fully saturated rings. The summed E-state index contributed by atoms with van der Waals surface area (Å²) in [5.41, 5.74) is 1.30. The highest BCUT2D eigenvalue weighted by Crippen LogP contribution is 2.16. The molecule has 17 heavy (non-hydrogen) atoms. The lowest BCUT2D eigenvalue weighted by molar-refractivity contribution is -0.427. The second-order valence-electron chi connectivity index (χ2n) is 4.15. The normalized spacial score (nSPS) is 11.8. The monoisotopic (exact) mass is 233 g/mol. The van der Waals surface area contributed by atoms with Crippen molar-refractivity contribution in [3.63, 3.8) is 0 Å². The molecule has 0 amide bonds. The van der Waals surface area contributed by atoms with Gasteiger partial charge >= 0.3 is 0 Å². The van der Waals surface area contributed by atoms with Gasteiger partial charge in [0, 0.05) is 0 Å². The zero-order chi connectivity index (χ0) is 12.7. The smallest absolute Gasteiger partial charge is 0.246 e. The molecule has 0 aliphatic heterocycles. The fourth-order valence-electron chi connectivity index (χ4n) is 1.79. The van der Waals surface area contributed by atoms with E-state index < -0.39 is 0 Å². The molecule has 0 unspecified atom stereocenters. The van der Waals surface area contributed by atoms with Gasteiger partial charge in [0.2, 0.25) is 5.70 Å². The van der Waals surface area contributed by atoms with Crippen LogP contribution in [0.15, 0.2) is 42.1 Å². The average molecular weight is 233 g/mol. The van der Waals surface area contributed by atoms with Crippen LogP contribution in [-0.2, 0) is 6.42 Å². The van der Waals surface area contributed by atoms with Crippen LogP contribution in [0.5, 0.6) is 0 Å². The number of allylic oxidation sites excluding steroid dienone is 2. The van der Waals surface area contributed by atoms with Crippen molar-refractivity contribution in [1.82, 2.24) is 0 Å². The van der Waals surface area contributed by atoms with E-state index in [1.165, 1.54) is 0 Å². The maximum atomic E-state index is 11.0. The molecule has 1 rings (SSSR count). The van der Waals surface area contributed by atoms with E-state index in [1.807, 2.05) is 36.4 Å². The van der Waals surface area contributed by atoms with Crippen LogP contribution in [0.4, 0.5) is 0 Å². The van der Waals surface area contributed by atoms with Gasteiger partial charge in [-0.2, -0.15) is 0 Å². The minimum Gasteiger partial charge on any atom is -0.259 e. The first-order chi connectivity index (χ1) is 8.17. The Hall–Kier alpha value is -1.64. The van der Waals surface area contributed by atoms with Crippen LogP contribution in [0.25, 0.3) is 0 Å². The van der Waals surface area contributed by atoms with Gasteiger partial charge in [0.1, 0.15) is 0 Å². The summed E-state index contributed by atoms with van der Waals surface area (Å²) in [7, 11) is 0. The van der Waals surface area contributed by atoms with Gasteiger partial charge in [-0.15, -0.1) is 0 Å². The highest BCUT2D eigenvalue weighted by Gasteiger charge is 2.14. The Bertz CT molecular complexity index is 380. The molecule has 0 spiro atoms. The molecule has 0 heterocycles. The molecular weight excluding hydrogens is 214 g/mol. The number of benzene rings is 1. The van der Waals surface area contributed by atoms with Gasteiger partial charge in [0.05, 0.1) is 11.3 Å². The Balaban J connectivity index is 2.84. The molecule has 1 aromatic rings. The van der Waals surface area contributed by atoms with Gasteiger partial charge < -0.3 is 0 Å². The van der Waals surface area contributed by atoms with Crippen LogP contribution in [0.2, 0.25) is 0 Å². The maximum Gasteiger partial charge on any atom is 0.246 e. The molecule has 0 aromatic heterocycles. The summed E-state index contributed by atoms with van der Waals surface area (Å²) in [5.74, 6) is 0.305. The standard InChI is InChI=1S/C14H19NO2/c1-3-12(4-2)10-14(15(16)17)11-13-8-6-5-7-9-13/h5-10,12H,3-4,11H2,1-2H3. The van der Waals surface area contributed by atoms with Gasteiger partial charge in [-0.1, -0.05) is 44.2 Å². The summed E-state index contributed by atoms with van der Waals surface area (Å²) in [6, 6.07) is 9.57. The minimum absolute atomic E-state index is 0.259. The number of nitrogens with zero attached hydrogens (tertiary/aromatic N) is 1. The van der Waals surface area contributed by atoms with Crippen molar-refractivity contribution in [2.75, 3.05) is 0 Å². The highest BCUT2D eigenvalue weighted by atomic mass is 16.6. The summed E-state index contributed by atoms with van der Waals surface area (Å²) in [6.07, 6.45) is 4.11. The van der Waals surface area contributed by atoms with Crippen LogP contribution in [0.1, 0.15) is 32.3 Å². The topological polar surface area (TPSA) is 43.1 Å². The van der Waals surface area contributed by atoms with E-state index >= 15 is 0 Å². The van der Waals surface area contributed by atoms with E-state index in [9.17, 15) is 10.1 Å². The zero-order valence-corrected chi connectivity index (χ0v) is 10.4. The molecule has 0 atom stereocenters. The van der Waals surface area contributed by atoms with E-state index in [2.05, 4.69) is 13.8 Å². The summed E-state index contributed by atoms with van der Waals surface area (Å²) in [6.45, 7) is 4.12. The molecule has 92 valence electrons. The van der Waals surface area contributed by atoms with E-state index in [0.29, 0.717) is 18.0 Å². The molecule has 0 bridgehead atoms. The number of hydrogen-bond acceptors (Lipinski definition) is 2. The molecule has 1 aromatic carbocycles. The summed E-state index contributed by atoms with van der Waals surface area (Å²) >= 11 is 0. The maximum absolute atomic E-state index is 11.0. The number of hydrogen-bond donors (Lipinski definition) is 0. The summed E-state index contributed by atoms with van der Waals surface area (Å²) in [4.78, 5) is 10.7. The molecule has 0 aliphatic carbocycles. The second kappa shape index (κ2) is 6.84. The van der Waals surface area contributed by atoms with E-state index in [1.54, 1.807) is 0 Å². The van der Waals surface area contributed by atoms with Crippen molar-refractivity contribution in [2.45, 2.75) is 33.1 Å². The van der Waals surface area contributed by atoms with Crippen molar-refractivity contribution in [1.29, 1.82) is 0 Å². The van der Waals surface area contributed by atoms with Crippen molar-refractivity contribution in [2.24, 2.45) is 5.92 Å². The van der Waals surface area contributed by atoms with Gasteiger partial charge in [-0.3, -0.25) is 10.1 Å². The first-order valence-corrected chi connectivity index (χ1v) is 6.06. The lowest BCUT2D eigenvalue weighted by atomic mass is 10.00. The quantitative estimate of drug-likeness (QED) is 0.553.